The van der Waals surface area contributed by atoms with Crippen molar-refractivity contribution in [3.8, 4) is 0 Å². The number of fused-ring (bicyclic) bond motifs is 1. The van der Waals surface area contributed by atoms with Crippen molar-refractivity contribution in [1.82, 2.24) is 14.6 Å². The molecule has 0 radical (unpaired) electrons. The van der Waals surface area contributed by atoms with Gasteiger partial charge in [0.25, 0.3) is 5.56 Å². The van der Waals surface area contributed by atoms with Gasteiger partial charge >= 0.3 is 18.0 Å². The molecule has 0 bridgehead atoms. The number of nitrogens with zero attached hydrogens (tertiary/aromatic N) is 3. The number of aryl methyl sites for hydroxylation is 2. The molecule has 0 unspecified atom stereocenters. The molecular formula is C21H27F3N4O4S. The van der Waals surface area contributed by atoms with Gasteiger partial charge in [0.1, 0.15) is 10.4 Å². The van der Waals surface area contributed by atoms with Crippen LogP contribution >= 0.6 is 11.3 Å². The number of aromatic nitrogens is 2. The van der Waals surface area contributed by atoms with Gasteiger partial charge in [0, 0.05) is 12.1 Å². The predicted octanol–water partition coefficient (Wildman–Crippen LogP) is 4.24. The molecule has 33 heavy (non-hydrogen) atoms. The van der Waals surface area contributed by atoms with E-state index in [-0.39, 0.29) is 10.2 Å². The van der Waals surface area contributed by atoms with E-state index in [1.165, 1.54) is 6.21 Å². The summed E-state index contributed by atoms with van der Waals surface area (Å²) < 4.78 is 46.1. The molecule has 1 fully saturated rings. The van der Waals surface area contributed by atoms with Gasteiger partial charge in [-0.3, -0.25) is 13.9 Å². The van der Waals surface area contributed by atoms with Gasteiger partial charge in [-0.25, -0.2) is 15.0 Å². The summed E-state index contributed by atoms with van der Waals surface area (Å²) in [5.41, 5.74) is -0.00455. The minimum absolute atomic E-state index is 0.157. The van der Waals surface area contributed by atoms with E-state index in [1.807, 2.05) is 0 Å². The van der Waals surface area contributed by atoms with E-state index < -0.39 is 47.6 Å². The number of ether oxygens (including phenoxy) is 1. The highest BCUT2D eigenvalue weighted by Crippen LogP contribution is 2.37. The molecule has 1 aliphatic rings. The molecule has 2 aromatic rings. The van der Waals surface area contributed by atoms with Gasteiger partial charge in [-0.05, 0) is 59.4 Å². The number of halogens is 3. The van der Waals surface area contributed by atoms with E-state index in [4.69, 9.17) is 4.74 Å². The third-order valence-corrected chi connectivity index (χ3v) is 6.82. The van der Waals surface area contributed by atoms with E-state index in [0.29, 0.717) is 23.3 Å². The highest BCUT2D eigenvalue weighted by Gasteiger charge is 2.38. The van der Waals surface area contributed by atoms with Crippen molar-refractivity contribution in [2.24, 2.45) is 5.10 Å². The summed E-state index contributed by atoms with van der Waals surface area (Å²) in [5.74, 6) is 0. The summed E-state index contributed by atoms with van der Waals surface area (Å²) >= 11 is 0.980. The Morgan fingerprint density at radius 2 is 1.91 bits per heavy atom. The van der Waals surface area contributed by atoms with Crippen LogP contribution in [-0.4, -0.2) is 33.2 Å². The van der Waals surface area contributed by atoms with Crippen molar-refractivity contribution in [2.45, 2.75) is 84.2 Å². The Morgan fingerprint density at radius 1 is 1.27 bits per heavy atom. The zero-order valence-electron chi connectivity index (χ0n) is 19.1. The number of alkyl halides is 3. The summed E-state index contributed by atoms with van der Waals surface area (Å²) in [7, 11) is 0. The van der Waals surface area contributed by atoms with Gasteiger partial charge in [0.05, 0.1) is 22.9 Å². The average molecular weight is 489 g/mol. The molecule has 1 amide bonds. The van der Waals surface area contributed by atoms with E-state index >= 15 is 0 Å². The molecular weight excluding hydrogens is 461 g/mol. The fraction of sp³-hybridized carbons (Fsp3) is 0.619. The number of thiophene rings is 1. The van der Waals surface area contributed by atoms with Crippen molar-refractivity contribution < 1.29 is 22.7 Å². The zero-order chi connectivity index (χ0) is 24.8. The van der Waals surface area contributed by atoms with E-state index in [1.54, 1.807) is 34.6 Å². The first-order valence-electron chi connectivity index (χ1n) is 10.5. The van der Waals surface area contributed by atoms with Gasteiger partial charge in [0.2, 0.25) is 0 Å². The van der Waals surface area contributed by atoms with E-state index in [0.717, 1.165) is 26.9 Å². The third kappa shape index (κ3) is 5.31. The first kappa shape index (κ1) is 25.0. The lowest BCUT2D eigenvalue weighted by atomic mass is 9.78. The molecule has 1 aliphatic carbocycles. The minimum atomic E-state index is -4.46. The lowest BCUT2D eigenvalue weighted by Crippen LogP contribution is -2.53. The van der Waals surface area contributed by atoms with Crippen molar-refractivity contribution in [3.05, 3.63) is 31.3 Å². The number of hydrogen-bond donors (Lipinski definition) is 1. The molecule has 0 spiro atoms. The Bertz CT molecular complexity index is 1210. The standard InChI is InChI=1S/C21H27F3N4O4S/c1-12-13(11-25-26-17(30)32-19(2,3)4)33-16-14(12)15(29)28(20(5)7-6-8-20)18(31)27(16)10-9-21(22,23)24/h11H,6-10H2,1-5H3,(H,26,30)/b25-11+. The number of carbonyl (C=O) groups is 1. The molecule has 8 nitrogen and oxygen atoms in total. The molecule has 1 saturated carbocycles. The lowest BCUT2D eigenvalue weighted by molar-refractivity contribution is -0.136. The average Bonchev–Trinajstić information content (AvgIpc) is 2.94. The van der Waals surface area contributed by atoms with Crippen molar-refractivity contribution >= 4 is 33.9 Å². The first-order valence-corrected chi connectivity index (χ1v) is 11.3. The number of hydrazone groups is 1. The zero-order valence-corrected chi connectivity index (χ0v) is 19.9. The third-order valence-electron chi connectivity index (χ3n) is 5.58. The fourth-order valence-corrected chi connectivity index (χ4v) is 4.95. The monoisotopic (exact) mass is 488 g/mol. The van der Waals surface area contributed by atoms with Crippen LogP contribution in [0.5, 0.6) is 0 Å². The molecule has 0 aliphatic heterocycles. The maximum Gasteiger partial charge on any atom is 0.428 e. The Hall–Kier alpha value is -2.63. The molecule has 0 atom stereocenters. The minimum Gasteiger partial charge on any atom is -0.443 e. The smallest absolute Gasteiger partial charge is 0.428 e. The number of hydrogen-bond acceptors (Lipinski definition) is 6. The first-order chi connectivity index (χ1) is 15.1. The quantitative estimate of drug-likeness (QED) is 0.503. The molecule has 2 aromatic heterocycles. The second-order valence-corrected chi connectivity index (χ2v) is 10.5. The van der Waals surface area contributed by atoms with Crippen LogP contribution in [0.1, 0.15) is 63.8 Å². The summed E-state index contributed by atoms with van der Waals surface area (Å²) in [6, 6.07) is 0. The fourth-order valence-electron chi connectivity index (χ4n) is 3.76. The Balaban J connectivity index is 2.09. The number of carbonyl (C=O) groups excluding carboxylic acids is 1. The highest BCUT2D eigenvalue weighted by molar-refractivity contribution is 7.20. The van der Waals surface area contributed by atoms with E-state index in [9.17, 15) is 27.6 Å². The summed E-state index contributed by atoms with van der Waals surface area (Å²) in [6.45, 7) is 7.90. The second-order valence-electron chi connectivity index (χ2n) is 9.43. The Labute approximate surface area is 192 Å². The largest absolute Gasteiger partial charge is 0.443 e. The van der Waals surface area contributed by atoms with Crippen molar-refractivity contribution in [2.75, 3.05) is 0 Å². The summed E-state index contributed by atoms with van der Waals surface area (Å²) in [4.78, 5) is 38.9. The van der Waals surface area contributed by atoms with Crippen molar-refractivity contribution in [1.29, 1.82) is 0 Å². The van der Waals surface area contributed by atoms with Crippen molar-refractivity contribution in [3.63, 3.8) is 0 Å². The number of nitrogens with one attached hydrogen (secondary N) is 1. The summed E-state index contributed by atoms with van der Waals surface area (Å²) in [5, 5.41) is 4.02. The number of amides is 1. The second kappa shape index (κ2) is 8.62. The van der Waals surface area contributed by atoms with Gasteiger partial charge in [-0.2, -0.15) is 18.3 Å². The normalized spacial score (nSPS) is 16.2. The van der Waals surface area contributed by atoms with E-state index in [2.05, 4.69) is 10.5 Å². The van der Waals surface area contributed by atoms with Crippen LogP contribution in [0.15, 0.2) is 14.7 Å². The van der Waals surface area contributed by atoms with Gasteiger partial charge < -0.3 is 4.74 Å². The van der Waals surface area contributed by atoms with Crippen LogP contribution in [0.25, 0.3) is 10.2 Å². The Morgan fingerprint density at radius 3 is 2.42 bits per heavy atom. The maximum absolute atomic E-state index is 13.3. The highest BCUT2D eigenvalue weighted by atomic mass is 32.1. The lowest BCUT2D eigenvalue weighted by Gasteiger charge is -2.39. The predicted molar refractivity (Wildman–Crippen MR) is 120 cm³/mol. The molecule has 182 valence electrons. The SMILES string of the molecule is Cc1c(/C=N/NC(=O)OC(C)(C)C)sc2c1c(=O)n(C1(C)CCC1)c(=O)n2CCC(F)(F)F. The molecule has 3 rings (SSSR count). The van der Waals surface area contributed by atoms with Gasteiger partial charge in [0.15, 0.2) is 0 Å². The summed E-state index contributed by atoms with van der Waals surface area (Å²) in [6.07, 6.45) is -3.11. The molecule has 12 heteroatoms. The van der Waals surface area contributed by atoms with Crippen LogP contribution < -0.4 is 16.7 Å². The van der Waals surface area contributed by atoms with Crippen LogP contribution in [0.3, 0.4) is 0 Å². The van der Waals surface area contributed by atoms with Crippen LogP contribution in [0, 0.1) is 6.92 Å². The molecule has 0 saturated heterocycles. The van der Waals surface area contributed by atoms with Gasteiger partial charge in [-0.1, -0.05) is 0 Å². The van der Waals surface area contributed by atoms with Gasteiger partial charge in [-0.15, -0.1) is 11.3 Å². The maximum atomic E-state index is 13.3. The Kier molecular flexibility index (Phi) is 6.53. The van der Waals surface area contributed by atoms with Crippen LogP contribution in [0.4, 0.5) is 18.0 Å². The number of rotatable bonds is 5. The molecule has 1 N–H and O–H groups in total. The van der Waals surface area contributed by atoms with Crippen LogP contribution in [0.2, 0.25) is 0 Å². The molecule has 2 heterocycles. The topological polar surface area (TPSA) is 94.7 Å². The van der Waals surface area contributed by atoms with Crippen LogP contribution in [-0.2, 0) is 16.8 Å². The molecule has 0 aromatic carbocycles.